The molecule has 0 spiro atoms. The molecule has 154 valence electrons. The molecule has 29 heavy (non-hydrogen) atoms. The zero-order valence-electron chi connectivity index (χ0n) is 16.5. The normalized spacial score (nSPS) is 13.9. The number of furan rings is 1. The zero-order valence-corrected chi connectivity index (χ0v) is 17.3. The monoisotopic (exact) mass is 416 g/mol. The Bertz CT molecular complexity index is 1060. The Hall–Kier alpha value is -2.68. The van der Waals surface area contributed by atoms with Gasteiger partial charge in [0.2, 0.25) is 10.0 Å². The summed E-state index contributed by atoms with van der Waals surface area (Å²) in [7, 11) is -2.18. The van der Waals surface area contributed by atoms with Crippen molar-refractivity contribution < 1.29 is 22.4 Å². The maximum absolute atomic E-state index is 12.5. The second-order valence-electron chi connectivity index (χ2n) is 6.88. The molecule has 3 rings (SSSR count). The Kier molecular flexibility index (Phi) is 6.36. The van der Waals surface area contributed by atoms with Crippen LogP contribution in [0.5, 0.6) is 0 Å². The van der Waals surface area contributed by atoms with Gasteiger partial charge in [0.1, 0.15) is 11.3 Å². The van der Waals surface area contributed by atoms with Gasteiger partial charge in [0.25, 0.3) is 5.91 Å². The summed E-state index contributed by atoms with van der Waals surface area (Å²) in [6.07, 6.45) is 0. The Morgan fingerprint density at radius 1 is 1.10 bits per heavy atom. The highest BCUT2D eigenvalue weighted by Gasteiger charge is 2.19. The summed E-state index contributed by atoms with van der Waals surface area (Å²) in [5.74, 6) is 0.331. The van der Waals surface area contributed by atoms with Gasteiger partial charge in [-0.1, -0.05) is 18.2 Å². The molecule has 0 radical (unpaired) electrons. The van der Waals surface area contributed by atoms with Gasteiger partial charge in [0.15, 0.2) is 0 Å². The first-order valence-electron chi connectivity index (χ1n) is 9.21. The van der Waals surface area contributed by atoms with Gasteiger partial charge in [0.05, 0.1) is 17.5 Å². The fourth-order valence-electron chi connectivity index (χ4n) is 2.97. The first-order chi connectivity index (χ1) is 13.8. The number of hydrogen-bond donors (Lipinski definition) is 2. The molecule has 0 aliphatic heterocycles. The van der Waals surface area contributed by atoms with Gasteiger partial charge in [-0.2, -0.15) is 0 Å². The summed E-state index contributed by atoms with van der Waals surface area (Å²) in [4.78, 5) is 12.6. The van der Waals surface area contributed by atoms with Crippen LogP contribution in [-0.4, -0.2) is 34.1 Å². The van der Waals surface area contributed by atoms with E-state index in [0.717, 1.165) is 11.0 Å². The topological polar surface area (TPSA) is 97.6 Å². The number of carbonyl (C=O) groups excluding carboxylic acids is 1. The van der Waals surface area contributed by atoms with Gasteiger partial charge in [-0.25, -0.2) is 13.1 Å². The number of amides is 1. The molecule has 0 saturated heterocycles. The van der Waals surface area contributed by atoms with E-state index >= 15 is 0 Å². The molecular weight excluding hydrogens is 392 g/mol. The highest BCUT2D eigenvalue weighted by atomic mass is 32.2. The quantitative estimate of drug-likeness (QED) is 0.588. The van der Waals surface area contributed by atoms with E-state index < -0.39 is 10.0 Å². The Morgan fingerprint density at radius 3 is 2.45 bits per heavy atom. The van der Waals surface area contributed by atoms with Crippen molar-refractivity contribution in [1.29, 1.82) is 0 Å². The molecule has 8 heteroatoms. The molecule has 3 aromatic rings. The lowest BCUT2D eigenvalue weighted by Gasteiger charge is -2.14. The standard InChI is InChI=1S/C21H24N2O5S/c1-14(13-27-3)23-29(25,26)18-10-8-16(9-11-18)21(24)22-15(2)20-12-17-6-4-5-7-19(17)28-20/h4-12,14-15,23H,13H2,1-3H3,(H,22,24)/t14-,15-/m1/s1. The molecule has 1 heterocycles. The second kappa shape index (κ2) is 8.77. The average Bonchev–Trinajstić information content (AvgIpc) is 3.12. The molecule has 2 atom stereocenters. The van der Waals surface area contributed by atoms with Crippen molar-refractivity contribution in [3.8, 4) is 0 Å². The SMILES string of the molecule is COC[C@@H](C)NS(=O)(=O)c1ccc(C(=O)N[C@H](C)c2cc3ccccc3o2)cc1. The maximum Gasteiger partial charge on any atom is 0.251 e. The van der Waals surface area contributed by atoms with Crippen molar-refractivity contribution >= 4 is 26.9 Å². The van der Waals surface area contributed by atoms with E-state index in [-0.39, 0.29) is 29.5 Å². The van der Waals surface area contributed by atoms with Gasteiger partial charge >= 0.3 is 0 Å². The van der Waals surface area contributed by atoms with Crippen LogP contribution in [0, 0.1) is 0 Å². The summed E-state index contributed by atoms with van der Waals surface area (Å²) in [5, 5.41) is 3.83. The fourth-order valence-corrected chi connectivity index (χ4v) is 4.20. The van der Waals surface area contributed by atoms with E-state index in [0.29, 0.717) is 11.3 Å². The summed E-state index contributed by atoms with van der Waals surface area (Å²) in [6.45, 7) is 3.80. The molecule has 0 saturated carbocycles. The van der Waals surface area contributed by atoms with Crippen LogP contribution in [0.25, 0.3) is 11.0 Å². The van der Waals surface area contributed by atoms with Crippen molar-refractivity contribution in [2.75, 3.05) is 13.7 Å². The molecule has 0 unspecified atom stereocenters. The first kappa shape index (κ1) is 21.0. The molecule has 1 amide bonds. The van der Waals surface area contributed by atoms with E-state index in [2.05, 4.69) is 10.0 Å². The Balaban J connectivity index is 1.68. The van der Waals surface area contributed by atoms with E-state index in [9.17, 15) is 13.2 Å². The molecule has 0 bridgehead atoms. The van der Waals surface area contributed by atoms with Crippen molar-refractivity contribution in [3.05, 3.63) is 65.9 Å². The van der Waals surface area contributed by atoms with Crippen LogP contribution < -0.4 is 10.0 Å². The number of para-hydroxylation sites is 1. The van der Waals surface area contributed by atoms with Crippen LogP contribution in [0.15, 0.2) is 63.9 Å². The van der Waals surface area contributed by atoms with Crippen LogP contribution in [0.4, 0.5) is 0 Å². The molecule has 7 nitrogen and oxygen atoms in total. The third-order valence-electron chi connectivity index (χ3n) is 4.42. The molecule has 2 aromatic carbocycles. The maximum atomic E-state index is 12.5. The lowest BCUT2D eigenvalue weighted by Crippen LogP contribution is -2.35. The van der Waals surface area contributed by atoms with E-state index in [1.807, 2.05) is 37.3 Å². The van der Waals surface area contributed by atoms with Crippen molar-refractivity contribution in [2.45, 2.75) is 30.8 Å². The number of ether oxygens (including phenoxy) is 1. The predicted octanol–water partition coefficient (Wildman–Crippen LogP) is 3.24. The largest absolute Gasteiger partial charge is 0.459 e. The summed E-state index contributed by atoms with van der Waals surface area (Å²) < 4.78 is 38.0. The zero-order chi connectivity index (χ0) is 21.0. The number of hydrogen-bond acceptors (Lipinski definition) is 5. The summed E-state index contributed by atoms with van der Waals surface area (Å²) in [5.41, 5.74) is 1.12. The Labute approximate surface area is 170 Å². The Morgan fingerprint density at radius 2 is 1.79 bits per heavy atom. The number of rotatable bonds is 8. The van der Waals surface area contributed by atoms with Crippen molar-refractivity contribution in [3.63, 3.8) is 0 Å². The van der Waals surface area contributed by atoms with Crippen LogP contribution >= 0.6 is 0 Å². The molecule has 0 fully saturated rings. The average molecular weight is 416 g/mol. The first-order valence-corrected chi connectivity index (χ1v) is 10.7. The second-order valence-corrected chi connectivity index (χ2v) is 8.60. The summed E-state index contributed by atoms with van der Waals surface area (Å²) >= 11 is 0. The lowest BCUT2D eigenvalue weighted by molar-refractivity contribution is 0.0935. The van der Waals surface area contributed by atoms with E-state index in [1.54, 1.807) is 6.92 Å². The minimum Gasteiger partial charge on any atom is -0.459 e. The van der Waals surface area contributed by atoms with E-state index in [4.69, 9.17) is 9.15 Å². The van der Waals surface area contributed by atoms with Crippen LogP contribution in [-0.2, 0) is 14.8 Å². The van der Waals surface area contributed by atoms with Gasteiger partial charge in [0, 0.05) is 24.1 Å². The predicted molar refractivity (Wildman–Crippen MR) is 110 cm³/mol. The van der Waals surface area contributed by atoms with Crippen molar-refractivity contribution in [2.24, 2.45) is 0 Å². The third-order valence-corrected chi connectivity index (χ3v) is 6.02. The number of benzene rings is 2. The van der Waals surface area contributed by atoms with Crippen LogP contribution in [0.2, 0.25) is 0 Å². The lowest BCUT2D eigenvalue weighted by atomic mass is 10.1. The highest BCUT2D eigenvalue weighted by molar-refractivity contribution is 7.89. The van der Waals surface area contributed by atoms with Gasteiger partial charge in [-0.15, -0.1) is 0 Å². The minimum absolute atomic E-state index is 0.0855. The smallest absolute Gasteiger partial charge is 0.251 e. The van der Waals surface area contributed by atoms with Gasteiger partial charge in [-0.3, -0.25) is 4.79 Å². The fraction of sp³-hybridized carbons (Fsp3) is 0.286. The van der Waals surface area contributed by atoms with Crippen LogP contribution in [0.1, 0.15) is 36.0 Å². The van der Waals surface area contributed by atoms with Crippen molar-refractivity contribution in [1.82, 2.24) is 10.0 Å². The van der Waals surface area contributed by atoms with Crippen LogP contribution in [0.3, 0.4) is 0 Å². The molecule has 0 aliphatic rings. The molecule has 1 aromatic heterocycles. The number of fused-ring (bicyclic) bond motifs is 1. The molecular formula is C21H24N2O5S. The minimum atomic E-state index is -3.68. The van der Waals surface area contributed by atoms with Gasteiger partial charge < -0.3 is 14.5 Å². The highest BCUT2D eigenvalue weighted by Crippen LogP contribution is 2.24. The number of nitrogens with one attached hydrogen (secondary N) is 2. The summed E-state index contributed by atoms with van der Waals surface area (Å²) in [6, 6.07) is 14.6. The molecule has 0 aliphatic carbocycles. The number of carbonyl (C=O) groups is 1. The third kappa shape index (κ3) is 5.03. The van der Waals surface area contributed by atoms with E-state index in [1.165, 1.54) is 31.4 Å². The number of sulfonamides is 1. The van der Waals surface area contributed by atoms with Gasteiger partial charge in [-0.05, 0) is 50.2 Å². The number of methoxy groups -OCH3 is 1. The molecule has 2 N–H and O–H groups in total.